The lowest BCUT2D eigenvalue weighted by molar-refractivity contribution is -0.153. The van der Waals surface area contributed by atoms with Crippen LogP contribution in [-0.4, -0.2) is 52.6 Å². The quantitative estimate of drug-likeness (QED) is 0.600. The Balaban J connectivity index is 1.95. The summed E-state index contributed by atoms with van der Waals surface area (Å²) >= 11 is 0. The molecule has 0 bridgehead atoms. The van der Waals surface area contributed by atoms with Crippen molar-refractivity contribution in [3.05, 3.63) is 0 Å². The van der Waals surface area contributed by atoms with Crippen LogP contribution >= 0.6 is 0 Å². The summed E-state index contributed by atoms with van der Waals surface area (Å²) in [5.41, 5.74) is -2.47. The van der Waals surface area contributed by atoms with Crippen molar-refractivity contribution in [1.82, 2.24) is 15.5 Å². The van der Waals surface area contributed by atoms with Crippen LogP contribution in [0.5, 0.6) is 0 Å². The molecular weight excluding hydrogens is 262 g/mol. The molecule has 3 rings (SSSR count). The molecule has 7 nitrogen and oxygen atoms in total. The summed E-state index contributed by atoms with van der Waals surface area (Å²) in [6.07, 6.45) is 0.427. The zero-order valence-electron chi connectivity index (χ0n) is 11.9. The van der Waals surface area contributed by atoms with Gasteiger partial charge in [0.1, 0.15) is 16.7 Å². The number of carbonyl (C=O) groups excluding carboxylic acids is 3. The van der Waals surface area contributed by atoms with Crippen LogP contribution in [0.25, 0.3) is 0 Å². The highest BCUT2D eigenvalue weighted by Crippen LogP contribution is 2.47. The minimum absolute atomic E-state index is 0.195. The second-order valence-electron chi connectivity index (χ2n) is 6.74. The first-order valence-corrected chi connectivity index (χ1v) is 6.81. The molecule has 2 N–H and O–H groups in total. The third-order valence-corrected chi connectivity index (χ3v) is 4.31. The van der Waals surface area contributed by atoms with Gasteiger partial charge in [0.25, 0.3) is 0 Å². The van der Waals surface area contributed by atoms with Crippen molar-refractivity contribution in [2.45, 2.75) is 50.3 Å². The van der Waals surface area contributed by atoms with Gasteiger partial charge in [-0.15, -0.1) is 0 Å². The second-order valence-corrected chi connectivity index (χ2v) is 6.74. The standard InChI is InChI=1S/C13H19N3O4/c1-11(2,3)20-10(19)16-12(6-14-8(12)17)4-5-13(16)7-15-9(13)18/h4-7H2,1-3H3,(H,14,17)(H,15,18). The van der Waals surface area contributed by atoms with Crippen molar-refractivity contribution in [2.24, 2.45) is 0 Å². The smallest absolute Gasteiger partial charge is 0.412 e. The van der Waals surface area contributed by atoms with E-state index in [1.54, 1.807) is 20.8 Å². The van der Waals surface area contributed by atoms with Gasteiger partial charge in [0.05, 0.1) is 13.1 Å². The number of nitrogens with zero attached hydrogens (tertiary/aromatic N) is 1. The Bertz CT molecular complexity index is 480. The third-order valence-electron chi connectivity index (χ3n) is 4.31. The fourth-order valence-corrected chi connectivity index (χ4v) is 3.20. The van der Waals surface area contributed by atoms with Crippen molar-refractivity contribution >= 4 is 17.9 Å². The van der Waals surface area contributed by atoms with Gasteiger partial charge in [-0.05, 0) is 33.6 Å². The van der Waals surface area contributed by atoms with Crippen LogP contribution in [0.1, 0.15) is 33.6 Å². The number of amides is 3. The Labute approximate surface area is 117 Å². The van der Waals surface area contributed by atoms with Crippen molar-refractivity contribution in [1.29, 1.82) is 0 Å². The monoisotopic (exact) mass is 281 g/mol. The largest absolute Gasteiger partial charge is 0.444 e. The molecular formula is C13H19N3O4. The molecule has 0 aliphatic carbocycles. The maximum Gasteiger partial charge on any atom is 0.412 e. The summed E-state index contributed by atoms with van der Waals surface area (Å²) in [7, 11) is 0. The Morgan fingerprint density at radius 2 is 1.55 bits per heavy atom. The third kappa shape index (κ3) is 1.49. The van der Waals surface area contributed by atoms with Crippen LogP contribution in [-0.2, 0) is 14.3 Å². The van der Waals surface area contributed by atoms with E-state index in [4.69, 9.17) is 4.74 Å². The van der Waals surface area contributed by atoms with Gasteiger partial charge in [0.15, 0.2) is 0 Å². The van der Waals surface area contributed by atoms with Gasteiger partial charge in [-0.1, -0.05) is 0 Å². The van der Waals surface area contributed by atoms with E-state index >= 15 is 0 Å². The van der Waals surface area contributed by atoms with E-state index in [-0.39, 0.29) is 11.8 Å². The highest BCUT2D eigenvalue weighted by molar-refractivity contribution is 6.03. The lowest BCUT2D eigenvalue weighted by Crippen LogP contribution is -2.80. The van der Waals surface area contributed by atoms with E-state index in [1.807, 2.05) is 0 Å². The van der Waals surface area contributed by atoms with Crippen LogP contribution in [0.2, 0.25) is 0 Å². The molecule has 3 heterocycles. The van der Waals surface area contributed by atoms with Crippen LogP contribution in [0.3, 0.4) is 0 Å². The molecule has 7 heteroatoms. The molecule has 2 unspecified atom stereocenters. The number of nitrogens with one attached hydrogen (secondary N) is 2. The predicted octanol–water partition coefficient (Wildman–Crippen LogP) is -0.245. The fraction of sp³-hybridized carbons (Fsp3) is 0.769. The molecule has 0 saturated carbocycles. The highest BCUT2D eigenvalue weighted by Gasteiger charge is 2.70. The summed E-state index contributed by atoms with van der Waals surface area (Å²) in [6, 6.07) is 0. The highest BCUT2D eigenvalue weighted by atomic mass is 16.6. The first kappa shape index (κ1) is 13.2. The molecule has 3 fully saturated rings. The maximum absolute atomic E-state index is 12.5. The molecule has 3 aliphatic heterocycles. The summed E-state index contributed by atoms with van der Waals surface area (Å²) in [6.45, 7) is 6.08. The Kier molecular flexibility index (Phi) is 2.41. The van der Waals surface area contributed by atoms with Crippen molar-refractivity contribution < 1.29 is 19.1 Å². The number of hydrogen-bond acceptors (Lipinski definition) is 4. The second kappa shape index (κ2) is 3.65. The van der Waals surface area contributed by atoms with Crippen LogP contribution < -0.4 is 10.6 Å². The molecule has 0 radical (unpaired) electrons. The van der Waals surface area contributed by atoms with Gasteiger partial charge in [-0.25, -0.2) is 4.79 Å². The van der Waals surface area contributed by atoms with E-state index < -0.39 is 22.8 Å². The minimum Gasteiger partial charge on any atom is -0.444 e. The molecule has 3 saturated heterocycles. The van der Waals surface area contributed by atoms with Gasteiger partial charge in [-0.2, -0.15) is 0 Å². The zero-order chi connectivity index (χ0) is 14.8. The molecule has 2 atom stereocenters. The normalized spacial score (nSPS) is 35.5. The summed E-state index contributed by atoms with van der Waals surface area (Å²) < 4.78 is 5.41. The number of likely N-dealkylation sites (tertiary alicyclic amines) is 1. The van der Waals surface area contributed by atoms with Crippen LogP contribution in [0.4, 0.5) is 4.79 Å². The molecule has 0 aromatic rings. The number of β-lactam (4-membered cyclic amide) rings is 2. The first-order valence-electron chi connectivity index (χ1n) is 6.81. The van der Waals surface area contributed by atoms with Gasteiger partial charge in [0.2, 0.25) is 11.8 Å². The van der Waals surface area contributed by atoms with Gasteiger partial charge < -0.3 is 15.4 Å². The Hall–Kier alpha value is -1.79. The van der Waals surface area contributed by atoms with E-state index in [2.05, 4.69) is 10.6 Å². The first-order chi connectivity index (χ1) is 9.21. The Morgan fingerprint density at radius 1 is 1.10 bits per heavy atom. The topological polar surface area (TPSA) is 87.7 Å². The molecule has 20 heavy (non-hydrogen) atoms. The molecule has 3 aliphatic rings. The SMILES string of the molecule is CC(C)(C)OC(=O)N1C2(CCC13CNC3=O)CNC2=O. The van der Waals surface area contributed by atoms with E-state index in [0.29, 0.717) is 25.9 Å². The van der Waals surface area contributed by atoms with E-state index in [9.17, 15) is 14.4 Å². The number of carbonyl (C=O) groups is 3. The maximum atomic E-state index is 12.5. The van der Waals surface area contributed by atoms with E-state index in [1.165, 1.54) is 4.90 Å². The summed E-state index contributed by atoms with van der Waals surface area (Å²) in [5.74, 6) is -0.389. The lowest BCUT2D eigenvalue weighted by atomic mass is 9.88. The lowest BCUT2D eigenvalue weighted by Gasteiger charge is -2.52. The van der Waals surface area contributed by atoms with Crippen LogP contribution in [0, 0.1) is 0 Å². The molecule has 0 aromatic carbocycles. The van der Waals surface area contributed by atoms with Crippen molar-refractivity contribution in [3.63, 3.8) is 0 Å². The van der Waals surface area contributed by atoms with Gasteiger partial charge in [0, 0.05) is 0 Å². The predicted molar refractivity (Wildman–Crippen MR) is 68.8 cm³/mol. The van der Waals surface area contributed by atoms with Crippen molar-refractivity contribution in [3.8, 4) is 0 Å². The Morgan fingerprint density at radius 3 is 1.80 bits per heavy atom. The molecule has 0 aromatic heterocycles. The number of ether oxygens (including phenoxy) is 1. The average Bonchev–Trinajstić information content (AvgIpc) is 2.73. The van der Waals surface area contributed by atoms with Crippen LogP contribution in [0.15, 0.2) is 0 Å². The average molecular weight is 281 g/mol. The van der Waals surface area contributed by atoms with Crippen molar-refractivity contribution in [2.75, 3.05) is 13.1 Å². The molecule has 2 spiro atoms. The summed E-state index contributed by atoms with van der Waals surface area (Å²) in [4.78, 5) is 37.9. The summed E-state index contributed by atoms with van der Waals surface area (Å²) in [5, 5.41) is 5.34. The van der Waals surface area contributed by atoms with Gasteiger partial charge in [-0.3, -0.25) is 14.5 Å². The molecule has 3 amide bonds. The number of hydrogen-bond donors (Lipinski definition) is 2. The van der Waals surface area contributed by atoms with E-state index in [0.717, 1.165) is 0 Å². The molecule has 110 valence electrons. The zero-order valence-corrected chi connectivity index (χ0v) is 11.9. The number of rotatable bonds is 0. The van der Waals surface area contributed by atoms with Gasteiger partial charge >= 0.3 is 6.09 Å². The fourth-order valence-electron chi connectivity index (χ4n) is 3.20. The minimum atomic E-state index is -0.903.